The van der Waals surface area contributed by atoms with E-state index in [1.165, 1.54) is 37.7 Å². The predicted octanol–water partition coefficient (Wildman–Crippen LogP) is 5.85. The molecule has 0 bridgehead atoms. The summed E-state index contributed by atoms with van der Waals surface area (Å²) in [5, 5.41) is 0. The maximum Gasteiger partial charge on any atom is 0.222 e. The Balaban J connectivity index is 1.39. The lowest BCUT2D eigenvalue weighted by molar-refractivity contribution is -0.164. The Morgan fingerprint density at radius 2 is 1.80 bits per heavy atom. The van der Waals surface area contributed by atoms with Gasteiger partial charge in [-0.05, 0) is 92.1 Å². The summed E-state index contributed by atoms with van der Waals surface area (Å²) in [6, 6.07) is 9.00. The van der Waals surface area contributed by atoms with E-state index < -0.39 is 0 Å². The van der Waals surface area contributed by atoms with E-state index >= 15 is 0 Å². The lowest BCUT2D eigenvalue weighted by atomic mass is 9.45. The quantitative estimate of drug-likeness (QED) is 0.613. The van der Waals surface area contributed by atoms with Gasteiger partial charge >= 0.3 is 0 Å². The molecule has 1 heterocycles. The Hall–Kier alpha value is -1.51. The van der Waals surface area contributed by atoms with Gasteiger partial charge in [0.1, 0.15) is 5.75 Å². The van der Waals surface area contributed by atoms with Crippen LogP contribution in [0.25, 0.3) is 0 Å². The average molecular weight is 410 g/mol. The Morgan fingerprint density at radius 1 is 1.07 bits per heavy atom. The van der Waals surface area contributed by atoms with Crippen LogP contribution in [0, 0.1) is 41.4 Å². The molecule has 1 aliphatic heterocycles. The van der Waals surface area contributed by atoms with E-state index in [2.05, 4.69) is 63.9 Å². The number of aryl methyl sites for hydroxylation is 1. The van der Waals surface area contributed by atoms with Crippen molar-refractivity contribution in [2.75, 3.05) is 7.05 Å². The molecule has 1 aromatic rings. The monoisotopic (exact) mass is 409 g/mol. The number of likely N-dealkylation sites (tertiary alicyclic amines) is 1. The Labute approximate surface area is 182 Å². The minimum absolute atomic E-state index is 0.289. The van der Waals surface area contributed by atoms with Crippen molar-refractivity contribution in [3.8, 4) is 5.75 Å². The summed E-state index contributed by atoms with van der Waals surface area (Å²) in [7, 11) is 2.06. The molecule has 3 nitrogen and oxygen atoms in total. The van der Waals surface area contributed by atoms with E-state index in [-0.39, 0.29) is 5.41 Å². The van der Waals surface area contributed by atoms with Crippen LogP contribution in [0.2, 0.25) is 0 Å². The molecule has 0 aromatic heterocycles. The molecule has 0 radical (unpaired) electrons. The lowest BCUT2D eigenvalue weighted by Crippen LogP contribution is -2.62. The molecule has 3 saturated carbocycles. The summed E-state index contributed by atoms with van der Waals surface area (Å²) < 4.78 is 6.51. The zero-order valence-corrected chi connectivity index (χ0v) is 19.5. The SMILES string of the molecule is Cc1ccc(O[C@H]2CC3C4C(CC[C@]3(C)C2)[C@@]2(C)CCC(=O)N(C)C2C[C@@H]4C)cc1. The van der Waals surface area contributed by atoms with Crippen LogP contribution in [0.3, 0.4) is 0 Å². The fourth-order valence-electron chi connectivity index (χ4n) is 8.36. The highest BCUT2D eigenvalue weighted by molar-refractivity contribution is 5.77. The normalized spacial score (nSPS) is 45.5. The molecule has 164 valence electrons. The minimum Gasteiger partial charge on any atom is -0.490 e. The van der Waals surface area contributed by atoms with E-state index in [9.17, 15) is 4.79 Å². The predicted molar refractivity (Wildman–Crippen MR) is 120 cm³/mol. The number of rotatable bonds is 2. The molecule has 30 heavy (non-hydrogen) atoms. The van der Waals surface area contributed by atoms with Crippen molar-refractivity contribution in [2.45, 2.75) is 84.8 Å². The van der Waals surface area contributed by atoms with Gasteiger partial charge in [-0.1, -0.05) is 38.5 Å². The lowest BCUT2D eigenvalue weighted by Gasteiger charge is -2.63. The molecule has 1 saturated heterocycles. The third-order valence-corrected chi connectivity index (χ3v) is 9.98. The maximum atomic E-state index is 12.4. The minimum atomic E-state index is 0.289. The van der Waals surface area contributed by atoms with E-state index in [1.54, 1.807) is 0 Å². The van der Waals surface area contributed by atoms with Crippen LogP contribution >= 0.6 is 0 Å². The Kier molecular flexibility index (Phi) is 4.76. The summed E-state index contributed by atoms with van der Waals surface area (Å²) in [5.74, 6) is 4.35. The smallest absolute Gasteiger partial charge is 0.222 e. The number of carbonyl (C=O) groups excluding carboxylic acids is 1. The fraction of sp³-hybridized carbons (Fsp3) is 0.741. The van der Waals surface area contributed by atoms with Gasteiger partial charge < -0.3 is 9.64 Å². The molecule has 4 fully saturated rings. The van der Waals surface area contributed by atoms with Crippen molar-refractivity contribution in [1.82, 2.24) is 4.90 Å². The van der Waals surface area contributed by atoms with Crippen molar-refractivity contribution in [2.24, 2.45) is 34.5 Å². The Morgan fingerprint density at radius 3 is 2.53 bits per heavy atom. The van der Waals surface area contributed by atoms with Gasteiger partial charge in [0.25, 0.3) is 0 Å². The van der Waals surface area contributed by atoms with Gasteiger partial charge in [-0.2, -0.15) is 0 Å². The zero-order valence-electron chi connectivity index (χ0n) is 19.5. The number of fused-ring (bicyclic) bond motifs is 5. The molecular weight excluding hydrogens is 370 g/mol. The molecule has 8 atom stereocenters. The molecule has 4 unspecified atom stereocenters. The third kappa shape index (κ3) is 3.02. The molecule has 0 spiro atoms. The van der Waals surface area contributed by atoms with Crippen molar-refractivity contribution >= 4 is 5.91 Å². The number of hydrogen-bond acceptors (Lipinski definition) is 2. The highest BCUT2D eigenvalue weighted by Crippen LogP contribution is 2.66. The number of ether oxygens (including phenoxy) is 1. The van der Waals surface area contributed by atoms with Crippen molar-refractivity contribution in [3.05, 3.63) is 29.8 Å². The third-order valence-electron chi connectivity index (χ3n) is 9.98. The summed E-state index contributed by atoms with van der Waals surface area (Å²) in [4.78, 5) is 14.6. The van der Waals surface area contributed by atoms with Crippen molar-refractivity contribution in [1.29, 1.82) is 0 Å². The first-order chi connectivity index (χ1) is 14.2. The van der Waals surface area contributed by atoms with Crippen molar-refractivity contribution in [3.63, 3.8) is 0 Å². The summed E-state index contributed by atoms with van der Waals surface area (Å²) >= 11 is 0. The van der Waals surface area contributed by atoms with Crippen LogP contribution in [-0.2, 0) is 4.79 Å². The van der Waals surface area contributed by atoms with Crippen LogP contribution in [0.4, 0.5) is 0 Å². The number of carbonyl (C=O) groups is 1. The molecular formula is C27H39NO2. The van der Waals surface area contributed by atoms with Gasteiger partial charge in [-0.3, -0.25) is 4.79 Å². The van der Waals surface area contributed by atoms with Crippen LogP contribution < -0.4 is 4.74 Å². The van der Waals surface area contributed by atoms with Gasteiger partial charge in [0, 0.05) is 19.5 Å². The molecule has 5 rings (SSSR count). The number of hydrogen-bond donors (Lipinski definition) is 0. The van der Waals surface area contributed by atoms with Crippen molar-refractivity contribution < 1.29 is 9.53 Å². The first-order valence-corrected chi connectivity index (χ1v) is 12.2. The van der Waals surface area contributed by atoms with Gasteiger partial charge in [0.15, 0.2) is 0 Å². The van der Waals surface area contributed by atoms with Gasteiger partial charge in [0.2, 0.25) is 5.91 Å². The summed E-state index contributed by atoms with van der Waals surface area (Å²) in [6.07, 6.45) is 8.38. The van der Waals surface area contributed by atoms with E-state index in [0.717, 1.165) is 36.3 Å². The number of benzene rings is 1. The standard InChI is InChI=1S/C27H39NO2/c1-17-6-8-19(9-7-17)30-20-15-22-25-18(2)14-23-27(4,13-11-24(29)28(23)5)21(25)10-12-26(22,3)16-20/h6-9,18,20-23,25H,10-16H2,1-5H3/t18-,20-,21?,22?,23?,25?,26+,27+/m0/s1. The molecule has 1 aromatic carbocycles. The topological polar surface area (TPSA) is 29.5 Å². The van der Waals surface area contributed by atoms with E-state index in [0.29, 0.717) is 29.4 Å². The molecule has 1 amide bonds. The fourth-order valence-corrected chi connectivity index (χ4v) is 8.36. The first kappa shape index (κ1) is 20.4. The number of piperidine rings is 1. The van der Waals surface area contributed by atoms with Crippen LogP contribution in [0.1, 0.15) is 71.3 Å². The second-order valence-corrected chi connectivity index (χ2v) is 11.7. The highest BCUT2D eigenvalue weighted by Gasteiger charge is 2.62. The molecule has 4 aliphatic rings. The van der Waals surface area contributed by atoms with E-state index in [1.807, 2.05) is 0 Å². The summed E-state index contributed by atoms with van der Waals surface area (Å²) in [5.41, 5.74) is 1.98. The van der Waals surface area contributed by atoms with Gasteiger partial charge in [0.05, 0.1) is 6.10 Å². The second-order valence-electron chi connectivity index (χ2n) is 11.7. The first-order valence-electron chi connectivity index (χ1n) is 12.2. The summed E-state index contributed by atoms with van der Waals surface area (Å²) in [6.45, 7) is 9.67. The average Bonchev–Trinajstić information content (AvgIpc) is 3.04. The van der Waals surface area contributed by atoms with Gasteiger partial charge in [-0.25, -0.2) is 0 Å². The number of nitrogens with zero attached hydrogens (tertiary/aromatic N) is 1. The van der Waals surface area contributed by atoms with Crippen LogP contribution in [0.5, 0.6) is 5.75 Å². The van der Waals surface area contributed by atoms with E-state index in [4.69, 9.17) is 4.74 Å². The second kappa shape index (κ2) is 7.00. The Bertz CT molecular complexity index is 819. The molecule has 3 heteroatoms. The maximum absolute atomic E-state index is 12.4. The molecule has 0 N–H and O–H groups in total. The van der Waals surface area contributed by atoms with Gasteiger partial charge in [-0.15, -0.1) is 0 Å². The van der Waals surface area contributed by atoms with Crippen LogP contribution in [0.15, 0.2) is 24.3 Å². The van der Waals surface area contributed by atoms with Crippen LogP contribution in [-0.4, -0.2) is 30.0 Å². The zero-order chi connectivity index (χ0) is 21.3. The number of amides is 1. The molecule has 3 aliphatic carbocycles. The highest BCUT2D eigenvalue weighted by atomic mass is 16.5. The largest absolute Gasteiger partial charge is 0.490 e.